The largest absolute Gasteiger partial charge is 0.491 e. The summed E-state index contributed by atoms with van der Waals surface area (Å²) in [6.07, 6.45) is -0.520. The van der Waals surface area contributed by atoms with Crippen molar-refractivity contribution in [3.05, 3.63) is 41.1 Å². The summed E-state index contributed by atoms with van der Waals surface area (Å²) in [4.78, 5) is 0. The van der Waals surface area contributed by atoms with Crippen molar-refractivity contribution in [1.82, 2.24) is 10.2 Å². The average Bonchev–Trinajstić information content (AvgIpc) is 3.03. The highest BCUT2D eigenvalue weighted by molar-refractivity contribution is 5.37. The van der Waals surface area contributed by atoms with E-state index >= 15 is 0 Å². The van der Waals surface area contributed by atoms with Gasteiger partial charge in [0.25, 0.3) is 0 Å². The molecule has 3 unspecified atom stereocenters. The third-order valence-electron chi connectivity index (χ3n) is 4.54. The number of rotatable bonds is 8. The number of H-pyrrole nitrogens is 1. The Hall–Kier alpha value is -2.13. The molecular weight excluding hydrogens is 364 g/mol. The van der Waals surface area contributed by atoms with Gasteiger partial charge in [-0.2, -0.15) is 0 Å². The van der Waals surface area contributed by atoms with E-state index in [1.54, 1.807) is 0 Å². The second-order valence-corrected chi connectivity index (χ2v) is 7.24. The Balaban J connectivity index is 1.73. The minimum absolute atomic E-state index is 0.106. The van der Waals surface area contributed by atoms with E-state index in [1.807, 2.05) is 38.1 Å². The molecule has 1 aliphatic heterocycles. The third-order valence-corrected chi connectivity index (χ3v) is 4.54. The maximum absolute atomic E-state index is 9.95. The minimum atomic E-state index is -0.712. The number of aliphatic hydroxyl groups excluding tert-OH is 3. The zero-order valence-corrected chi connectivity index (χ0v) is 16.2. The molecule has 154 valence electrons. The summed E-state index contributed by atoms with van der Waals surface area (Å²) in [6, 6.07) is 7.72. The fourth-order valence-electron chi connectivity index (χ4n) is 3.22. The maximum atomic E-state index is 9.95. The molecule has 1 saturated heterocycles. The number of aromatic amines is 1. The Labute approximate surface area is 164 Å². The van der Waals surface area contributed by atoms with Gasteiger partial charge in [0.2, 0.25) is 12.2 Å². The first kappa shape index (κ1) is 20.6. The minimum Gasteiger partial charge on any atom is -0.491 e. The van der Waals surface area contributed by atoms with E-state index in [2.05, 4.69) is 10.2 Å². The Morgan fingerprint density at radius 1 is 1.21 bits per heavy atom. The van der Waals surface area contributed by atoms with Gasteiger partial charge in [-0.15, -0.1) is 5.10 Å². The lowest BCUT2D eigenvalue weighted by atomic mass is 10.0. The number of aromatic nitrogens is 2. The molecule has 0 aliphatic carbocycles. The zero-order valence-electron chi connectivity index (χ0n) is 16.2. The maximum Gasteiger partial charge on any atom is 0.238 e. The SMILES string of the molecule is CC(C)Oc1ccc(Cc2c(OC3CC(O)CC(CO)O3)n[nH]c2CO)cc1. The summed E-state index contributed by atoms with van der Waals surface area (Å²) in [5, 5.41) is 35.8. The summed E-state index contributed by atoms with van der Waals surface area (Å²) in [6.45, 7) is 3.56. The molecule has 28 heavy (non-hydrogen) atoms. The van der Waals surface area contributed by atoms with Gasteiger partial charge >= 0.3 is 0 Å². The van der Waals surface area contributed by atoms with E-state index in [4.69, 9.17) is 14.2 Å². The number of nitrogens with zero attached hydrogens (tertiary/aromatic N) is 1. The molecule has 2 heterocycles. The fourth-order valence-corrected chi connectivity index (χ4v) is 3.22. The van der Waals surface area contributed by atoms with Crippen LogP contribution in [0, 0.1) is 0 Å². The number of benzene rings is 1. The van der Waals surface area contributed by atoms with E-state index in [-0.39, 0.29) is 19.3 Å². The second-order valence-electron chi connectivity index (χ2n) is 7.24. The van der Waals surface area contributed by atoms with Crippen molar-refractivity contribution in [3.8, 4) is 11.6 Å². The zero-order chi connectivity index (χ0) is 20.1. The van der Waals surface area contributed by atoms with Crippen LogP contribution in [0.5, 0.6) is 11.6 Å². The molecule has 1 aliphatic rings. The lowest BCUT2D eigenvalue weighted by Gasteiger charge is -2.31. The van der Waals surface area contributed by atoms with Crippen molar-refractivity contribution in [2.24, 2.45) is 0 Å². The quantitative estimate of drug-likeness (QED) is 0.538. The second kappa shape index (κ2) is 9.38. The smallest absolute Gasteiger partial charge is 0.238 e. The lowest BCUT2D eigenvalue weighted by molar-refractivity contribution is -0.186. The first-order valence-corrected chi connectivity index (χ1v) is 9.52. The van der Waals surface area contributed by atoms with Crippen LogP contribution >= 0.6 is 0 Å². The Bertz CT molecular complexity index is 746. The van der Waals surface area contributed by atoms with Gasteiger partial charge < -0.3 is 29.5 Å². The van der Waals surface area contributed by atoms with Crippen LogP contribution < -0.4 is 9.47 Å². The highest BCUT2D eigenvalue weighted by Crippen LogP contribution is 2.28. The molecule has 0 radical (unpaired) electrons. The van der Waals surface area contributed by atoms with E-state index in [0.717, 1.165) is 16.9 Å². The van der Waals surface area contributed by atoms with Crippen LogP contribution in [0.4, 0.5) is 0 Å². The van der Waals surface area contributed by atoms with Crippen LogP contribution in [0.2, 0.25) is 0 Å². The van der Waals surface area contributed by atoms with Crippen LogP contribution in [-0.4, -0.2) is 56.7 Å². The van der Waals surface area contributed by atoms with Crippen molar-refractivity contribution >= 4 is 0 Å². The van der Waals surface area contributed by atoms with Crippen molar-refractivity contribution in [3.63, 3.8) is 0 Å². The van der Waals surface area contributed by atoms with E-state index in [1.165, 1.54) is 0 Å². The first-order valence-electron chi connectivity index (χ1n) is 9.52. The normalized spacial score (nSPS) is 22.4. The van der Waals surface area contributed by atoms with Crippen LogP contribution in [0.3, 0.4) is 0 Å². The van der Waals surface area contributed by atoms with Gasteiger partial charge in [0.15, 0.2) is 0 Å². The fraction of sp³-hybridized carbons (Fsp3) is 0.550. The molecule has 0 amide bonds. The highest BCUT2D eigenvalue weighted by Gasteiger charge is 2.30. The molecule has 3 rings (SSSR count). The van der Waals surface area contributed by atoms with Gasteiger partial charge in [-0.3, -0.25) is 5.10 Å². The number of nitrogens with one attached hydrogen (secondary N) is 1. The standard InChI is InChI=1S/C20H28N2O6/c1-12(2)26-15-5-3-13(4-6-15)7-17-18(11-24)21-22-20(17)28-19-9-14(25)8-16(10-23)27-19/h3-6,12,14,16,19,23-25H,7-11H2,1-2H3,(H,21,22). The van der Waals surface area contributed by atoms with Crippen LogP contribution in [-0.2, 0) is 17.8 Å². The van der Waals surface area contributed by atoms with E-state index in [0.29, 0.717) is 30.8 Å². The predicted octanol–water partition coefficient (Wildman–Crippen LogP) is 1.52. The van der Waals surface area contributed by atoms with Gasteiger partial charge in [-0.05, 0) is 31.5 Å². The number of ether oxygens (including phenoxy) is 3. The first-order chi connectivity index (χ1) is 13.5. The number of hydrogen-bond donors (Lipinski definition) is 4. The molecule has 1 fully saturated rings. The van der Waals surface area contributed by atoms with E-state index in [9.17, 15) is 15.3 Å². The Morgan fingerprint density at radius 2 is 1.96 bits per heavy atom. The summed E-state index contributed by atoms with van der Waals surface area (Å²) >= 11 is 0. The van der Waals surface area contributed by atoms with Crippen LogP contribution in [0.15, 0.2) is 24.3 Å². The highest BCUT2D eigenvalue weighted by atomic mass is 16.7. The van der Waals surface area contributed by atoms with Gasteiger partial charge in [-0.1, -0.05) is 12.1 Å². The topological polar surface area (TPSA) is 117 Å². The molecular formula is C20H28N2O6. The van der Waals surface area contributed by atoms with Crippen molar-refractivity contribution in [1.29, 1.82) is 0 Å². The molecule has 2 aromatic rings. The molecule has 0 saturated carbocycles. The number of aliphatic hydroxyl groups is 3. The summed E-state index contributed by atoms with van der Waals surface area (Å²) in [5.41, 5.74) is 2.30. The average molecular weight is 392 g/mol. The van der Waals surface area contributed by atoms with Crippen LogP contribution in [0.25, 0.3) is 0 Å². The van der Waals surface area contributed by atoms with Gasteiger partial charge in [-0.25, -0.2) is 0 Å². The monoisotopic (exact) mass is 392 g/mol. The molecule has 8 heteroatoms. The van der Waals surface area contributed by atoms with Gasteiger partial charge in [0, 0.05) is 24.8 Å². The number of hydrogen-bond acceptors (Lipinski definition) is 7. The molecule has 8 nitrogen and oxygen atoms in total. The van der Waals surface area contributed by atoms with Crippen LogP contribution in [0.1, 0.15) is 43.5 Å². The van der Waals surface area contributed by atoms with Crippen molar-refractivity contribution < 1.29 is 29.5 Å². The molecule has 1 aromatic heterocycles. The Morgan fingerprint density at radius 3 is 2.61 bits per heavy atom. The molecule has 0 spiro atoms. The Kier molecular flexibility index (Phi) is 6.90. The molecule has 4 N–H and O–H groups in total. The molecule has 3 atom stereocenters. The predicted molar refractivity (Wildman–Crippen MR) is 101 cm³/mol. The van der Waals surface area contributed by atoms with E-state index < -0.39 is 18.5 Å². The summed E-state index contributed by atoms with van der Waals surface area (Å²) < 4.78 is 17.2. The molecule has 0 bridgehead atoms. The summed E-state index contributed by atoms with van der Waals surface area (Å²) in [5.74, 6) is 1.12. The molecule has 1 aromatic carbocycles. The lowest BCUT2D eigenvalue weighted by Crippen LogP contribution is -2.40. The summed E-state index contributed by atoms with van der Waals surface area (Å²) in [7, 11) is 0. The third kappa shape index (κ3) is 5.23. The van der Waals surface area contributed by atoms with Crippen molar-refractivity contribution in [2.45, 2.75) is 64.3 Å². The van der Waals surface area contributed by atoms with Gasteiger partial charge in [0.05, 0.1) is 37.2 Å². The van der Waals surface area contributed by atoms with Crippen molar-refractivity contribution in [2.75, 3.05) is 6.61 Å². The van der Waals surface area contributed by atoms with Gasteiger partial charge in [0.1, 0.15) is 5.75 Å².